The van der Waals surface area contributed by atoms with Gasteiger partial charge >= 0.3 is 0 Å². The average Bonchev–Trinajstić information content (AvgIpc) is 2.82. The van der Waals surface area contributed by atoms with Gasteiger partial charge in [0.2, 0.25) is 0 Å². The largest absolute Gasteiger partial charge is 0.369 e. The molecule has 32 heavy (non-hydrogen) atoms. The molecule has 0 radical (unpaired) electrons. The summed E-state index contributed by atoms with van der Waals surface area (Å²) in [4.78, 5) is 0. The predicted molar refractivity (Wildman–Crippen MR) is 117 cm³/mol. The highest BCUT2D eigenvalue weighted by molar-refractivity contribution is 6.30. The van der Waals surface area contributed by atoms with Crippen molar-refractivity contribution in [1.82, 2.24) is 5.32 Å². The Morgan fingerprint density at radius 1 is 0.906 bits per heavy atom. The Bertz CT molecular complexity index is 1050. The molecular formula is C25H23ClF3NO2. The molecule has 1 aliphatic heterocycles. The molecule has 2 unspecified atom stereocenters. The molecule has 0 amide bonds. The summed E-state index contributed by atoms with van der Waals surface area (Å²) in [5, 5.41) is 3.84. The molecule has 1 N–H and O–H groups in total. The summed E-state index contributed by atoms with van der Waals surface area (Å²) >= 11 is 6.09. The zero-order valence-corrected chi connectivity index (χ0v) is 18.0. The van der Waals surface area contributed by atoms with Crippen LogP contribution < -0.4 is 5.32 Å². The van der Waals surface area contributed by atoms with Gasteiger partial charge in [-0.1, -0.05) is 54.1 Å². The number of piperidine rings is 1. The van der Waals surface area contributed by atoms with Crippen molar-refractivity contribution in [2.45, 2.75) is 31.3 Å². The Kier molecular flexibility index (Phi) is 7.16. The van der Waals surface area contributed by atoms with Gasteiger partial charge in [0.15, 0.2) is 11.6 Å². The van der Waals surface area contributed by atoms with Gasteiger partial charge in [-0.15, -0.1) is 0 Å². The lowest BCUT2D eigenvalue weighted by Gasteiger charge is -2.44. The van der Waals surface area contributed by atoms with Crippen LogP contribution in [0.3, 0.4) is 0 Å². The molecule has 0 spiro atoms. The van der Waals surface area contributed by atoms with Crippen molar-refractivity contribution < 1.29 is 22.6 Å². The SMILES string of the molecule is Fc1ccc(F)c(COC2CNCCC2(OCc2ccccc2)c2ccc(Cl)cc2)c1F. The quantitative estimate of drug-likeness (QED) is 0.454. The summed E-state index contributed by atoms with van der Waals surface area (Å²) in [5.74, 6) is -3.21. The van der Waals surface area contributed by atoms with Crippen LogP contribution in [-0.2, 0) is 28.3 Å². The molecule has 1 heterocycles. The van der Waals surface area contributed by atoms with Crippen LogP contribution in [0.2, 0.25) is 5.02 Å². The first-order valence-electron chi connectivity index (χ1n) is 10.4. The summed E-state index contributed by atoms with van der Waals surface area (Å²) < 4.78 is 54.5. The van der Waals surface area contributed by atoms with E-state index in [-0.39, 0.29) is 0 Å². The summed E-state index contributed by atoms with van der Waals surface area (Å²) in [6.07, 6.45) is -0.0107. The van der Waals surface area contributed by atoms with Gasteiger partial charge in [-0.25, -0.2) is 13.2 Å². The normalized spacial score (nSPS) is 20.9. The highest BCUT2D eigenvalue weighted by Gasteiger charge is 2.44. The van der Waals surface area contributed by atoms with Crippen LogP contribution in [0.4, 0.5) is 13.2 Å². The van der Waals surface area contributed by atoms with Crippen LogP contribution in [0.15, 0.2) is 66.7 Å². The first-order valence-corrected chi connectivity index (χ1v) is 10.8. The Labute approximate surface area is 190 Å². The van der Waals surface area contributed by atoms with Crippen molar-refractivity contribution >= 4 is 11.6 Å². The molecule has 0 bridgehead atoms. The fourth-order valence-electron chi connectivity index (χ4n) is 4.01. The van der Waals surface area contributed by atoms with Crippen molar-refractivity contribution in [3.63, 3.8) is 0 Å². The first-order chi connectivity index (χ1) is 15.5. The van der Waals surface area contributed by atoms with Crippen molar-refractivity contribution in [2.24, 2.45) is 0 Å². The standard InChI is InChI=1S/C25H23ClF3NO2/c26-19-8-6-18(7-9-19)25(32-15-17-4-2-1-3-5-17)12-13-30-14-23(25)31-16-20-21(27)10-11-22(28)24(20)29/h1-11,23,30H,12-16H2. The van der Waals surface area contributed by atoms with E-state index in [1.54, 1.807) is 12.1 Å². The summed E-state index contributed by atoms with van der Waals surface area (Å²) in [7, 11) is 0. The van der Waals surface area contributed by atoms with E-state index in [1.807, 2.05) is 42.5 Å². The predicted octanol–water partition coefficient (Wildman–Crippen LogP) is 5.75. The lowest BCUT2D eigenvalue weighted by atomic mass is 9.82. The Hall–Kier alpha value is -2.38. The van der Waals surface area contributed by atoms with Crippen LogP contribution in [0.1, 0.15) is 23.1 Å². The first kappa shape index (κ1) is 22.8. The minimum absolute atomic E-state index is 0.325. The van der Waals surface area contributed by atoms with Gasteiger partial charge in [-0.3, -0.25) is 0 Å². The molecule has 2 atom stereocenters. The molecule has 1 aliphatic rings. The van der Waals surface area contributed by atoms with Crippen LogP contribution >= 0.6 is 11.6 Å². The fourth-order valence-corrected chi connectivity index (χ4v) is 4.13. The molecule has 1 fully saturated rings. The molecule has 0 saturated carbocycles. The zero-order valence-electron chi connectivity index (χ0n) is 17.3. The number of rotatable bonds is 7. The van der Waals surface area contributed by atoms with Gasteiger partial charge in [-0.2, -0.15) is 0 Å². The van der Waals surface area contributed by atoms with Crippen LogP contribution in [0.5, 0.6) is 0 Å². The molecule has 3 nitrogen and oxygen atoms in total. The van der Waals surface area contributed by atoms with Gasteiger partial charge in [0.05, 0.1) is 18.8 Å². The van der Waals surface area contributed by atoms with Gasteiger partial charge in [0, 0.05) is 11.6 Å². The third kappa shape index (κ3) is 4.84. The number of ether oxygens (including phenoxy) is 2. The fraction of sp³-hybridized carbons (Fsp3) is 0.280. The zero-order chi connectivity index (χ0) is 22.6. The Morgan fingerprint density at radius 2 is 1.62 bits per heavy atom. The van der Waals surface area contributed by atoms with Crippen LogP contribution in [0.25, 0.3) is 0 Å². The molecule has 1 saturated heterocycles. The minimum Gasteiger partial charge on any atom is -0.369 e. The van der Waals surface area contributed by atoms with E-state index in [1.165, 1.54) is 0 Å². The minimum atomic E-state index is -1.24. The number of nitrogens with one attached hydrogen (secondary N) is 1. The number of benzene rings is 3. The molecule has 4 rings (SSSR count). The lowest BCUT2D eigenvalue weighted by Crippen LogP contribution is -2.54. The summed E-state index contributed by atoms with van der Waals surface area (Å²) in [5.41, 5.74) is 0.514. The molecule has 168 valence electrons. The van der Waals surface area contributed by atoms with Crippen molar-refractivity contribution in [2.75, 3.05) is 13.1 Å². The monoisotopic (exact) mass is 461 g/mol. The van der Waals surface area contributed by atoms with Crippen molar-refractivity contribution in [1.29, 1.82) is 0 Å². The van der Waals surface area contributed by atoms with Gasteiger partial charge in [-0.05, 0) is 48.4 Å². The van der Waals surface area contributed by atoms with E-state index in [0.29, 0.717) is 31.1 Å². The maximum absolute atomic E-state index is 14.2. The van der Waals surface area contributed by atoms with Crippen LogP contribution in [-0.4, -0.2) is 19.2 Å². The average molecular weight is 462 g/mol. The highest BCUT2D eigenvalue weighted by Crippen LogP contribution is 2.39. The number of hydrogen-bond donors (Lipinski definition) is 1. The summed E-state index contributed by atoms with van der Waals surface area (Å²) in [6, 6.07) is 18.7. The topological polar surface area (TPSA) is 30.5 Å². The van der Waals surface area contributed by atoms with E-state index in [2.05, 4.69) is 5.32 Å². The number of hydrogen-bond acceptors (Lipinski definition) is 3. The highest BCUT2D eigenvalue weighted by atomic mass is 35.5. The Morgan fingerprint density at radius 3 is 2.38 bits per heavy atom. The molecule has 3 aromatic carbocycles. The van der Waals surface area contributed by atoms with E-state index >= 15 is 0 Å². The Balaban J connectivity index is 1.64. The third-order valence-corrected chi connectivity index (χ3v) is 6.01. The smallest absolute Gasteiger partial charge is 0.167 e. The van der Waals surface area contributed by atoms with Crippen LogP contribution in [0, 0.1) is 17.5 Å². The second kappa shape index (κ2) is 10.0. The van der Waals surface area contributed by atoms with E-state index in [9.17, 15) is 13.2 Å². The molecular weight excluding hydrogens is 439 g/mol. The van der Waals surface area contributed by atoms with E-state index in [0.717, 1.165) is 23.3 Å². The van der Waals surface area contributed by atoms with Crippen molar-refractivity contribution in [3.05, 3.63) is 106 Å². The lowest BCUT2D eigenvalue weighted by molar-refractivity contribution is -0.177. The van der Waals surface area contributed by atoms with Gasteiger partial charge in [0.25, 0.3) is 0 Å². The maximum atomic E-state index is 14.2. The third-order valence-electron chi connectivity index (χ3n) is 5.76. The van der Waals surface area contributed by atoms with E-state index < -0.39 is 41.3 Å². The second-order valence-electron chi connectivity index (χ2n) is 7.75. The molecule has 7 heteroatoms. The maximum Gasteiger partial charge on any atom is 0.167 e. The molecule has 3 aromatic rings. The number of halogens is 4. The van der Waals surface area contributed by atoms with Gasteiger partial charge < -0.3 is 14.8 Å². The molecule has 0 aliphatic carbocycles. The summed E-state index contributed by atoms with van der Waals surface area (Å²) in [6.45, 7) is 0.966. The van der Waals surface area contributed by atoms with Crippen molar-refractivity contribution in [3.8, 4) is 0 Å². The second-order valence-corrected chi connectivity index (χ2v) is 8.18. The van der Waals surface area contributed by atoms with Gasteiger partial charge in [0.1, 0.15) is 17.5 Å². The van der Waals surface area contributed by atoms with E-state index in [4.69, 9.17) is 21.1 Å². The molecule has 0 aromatic heterocycles.